The van der Waals surface area contributed by atoms with Crippen molar-refractivity contribution in [2.24, 2.45) is 17.1 Å². The summed E-state index contributed by atoms with van der Waals surface area (Å²) in [6.45, 7) is 6.59. The second kappa shape index (κ2) is 6.85. The maximum absolute atomic E-state index is 5.99. The average molecular weight is 256 g/mol. The van der Waals surface area contributed by atoms with Gasteiger partial charge in [-0.15, -0.1) is 0 Å². The summed E-state index contributed by atoms with van der Waals surface area (Å²) in [7, 11) is 2.22. The summed E-state index contributed by atoms with van der Waals surface area (Å²) < 4.78 is 11.1. The molecule has 4 heteroatoms. The number of hydrogen-bond acceptors (Lipinski definition) is 4. The lowest BCUT2D eigenvalue weighted by molar-refractivity contribution is -0.0231. The molecule has 2 saturated heterocycles. The van der Waals surface area contributed by atoms with E-state index in [1.54, 1.807) is 0 Å². The van der Waals surface area contributed by atoms with Crippen molar-refractivity contribution in [2.45, 2.75) is 25.7 Å². The average Bonchev–Trinajstić information content (AvgIpc) is 2.41. The summed E-state index contributed by atoms with van der Waals surface area (Å²) in [5, 5.41) is 0. The van der Waals surface area contributed by atoms with Crippen LogP contribution in [0.2, 0.25) is 0 Å². The van der Waals surface area contributed by atoms with E-state index in [0.717, 1.165) is 51.9 Å². The highest BCUT2D eigenvalue weighted by Gasteiger charge is 2.33. The zero-order chi connectivity index (χ0) is 12.8. The van der Waals surface area contributed by atoms with Crippen molar-refractivity contribution in [3.05, 3.63) is 0 Å². The van der Waals surface area contributed by atoms with Gasteiger partial charge in [0.15, 0.2) is 0 Å². The molecule has 0 saturated carbocycles. The summed E-state index contributed by atoms with van der Waals surface area (Å²) in [4.78, 5) is 2.46. The Labute approximate surface area is 111 Å². The summed E-state index contributed by atoms with van der Waals surface area (Å²) in [6.07, 6.45) is 4.77. The third kappa shape index (κ3) is 3.92. The van der Waals surface area contributed by atoms with Crippen LogP contribution in [0.1, 0.15) is 25.7 Å². The second-order valence-corrected chi connectivity index (χ2v) is 6.11. The summed E-state index contributed by atoms with van der Waals surface area (Å²) in [5.74, 6) is 0.795. The smallest absolute Gasteiger partial charge is 0.0546 e. The molecule has 106 valence electrons. The quantitative estimate of drug-likeness (QED) is 0.800. The van der Waals surface area contributed by atoms with E-state index in [-0.39, 0.29) is 5.41 Å². The molecule has 2 fully saturated rings. The SMILES string of the molecule is CN(CC1CCOCC1)CC1(CN)CCCOC1. The lowest BCUT2D eigenvalue weighted by Gasteiger charge is -2.40. The van der Waals surface area contributed by atoms with E-state index >= 15 is 0 Å². The van der Waals surface area contributed by atoms with Crippen molar-refractivity contribution >= 4 is 0 Å². The Hall–Kier alpha value is -0.160. The number of ether oxygens (including phenoxy) is 2. The normalized spacial score (nSPS) is 30.8. The number of nitrogens with two attached hydrogens (primary N) is 1. The largest absolute Gasteiger partial charge is 0.381 e. The molecule has 0 spiro atoms. The van der Waals surface area contributed by atoms with Gasteiger partial charge < -0.3 is 20.1 Å². The molecular weight excluding hydrogens is 228 g/mol. The van der Waals surface area contributed by atoms with E-state index in [2.05, 4.69) is 11.9 Å². The van der Waals surface area contributed by atoms with Gasteiger partial charge in [0.1, 0.15) is 0 Å². The number of hydrogen-bond donors (Lipinski definition) is 1. The Morgan fingerprint density at radius 3 is 2.61 bits per heavy atom. The molecule has 0 aromatic heterocycles. The van der Waals surface area contributed by atoms with Gasteiger partial charge >= 0.3 is 0 Å². The van der Waals surface area contributed by atoms with Crippen LogP contribution in [0.25, 0.3) is 0 Å². The van der Waals surface area contributed by atoms with Crippen LogP contribution in [0, 0.1) is 11.3 Å². The van der Waals surface area contributed by atoms with E-state index in [9.17, 15) is 0 Å². The molecule has 2 heterocycles. The molecule has 2 rings (SSSR count). The van der Waals surface area contributed by atoms with Gasteiger partial charge in [-0.25, -0.2) is 0 Å². The van der Waals surface area contributed by atoms with Gasteiger partial charge in [0, 0.05) is 44.9 Å². The summed E-state index contributed by atoms with van der Waals surface area (Å²) in [6, 6.07) is 0. The molecular formula is C14H28N2O2. The molecule has 18 heavy (non-hydrogen) atoms. The standard InChI is InChI=1S/C14H28N2O2/c1-16(9-13-3-7-17-8-4-13)11-14(10-15)5-2-6-18-12-14/h13H,2-12,15H2,1H3. The van der Waals surface area contributed by atoms with Gasteiger partial charge in [0.05, 0.1) is 6.61 Å². The van der Waals surface area contributed by atoms with Crippen LogP contribution in [0.3, 0.4) is 0 Å². The van der Waals surface area contributed by atoms with Crippen molar-refractivity contribution in [1.82, 2.24) is 4.90 Å². The lowest BCUT2D eigenvalue weighted by Crippen LogP contribution is -2.47. The fraction of sp³-hybridized carbons (Fsp3) is 1.00. The first-order valence-electron chi connectivity index (χ1n) is 7.28. The first-order valence-corrected chi connectivity index (χ1v) is 7.28. The third-order valence-corrected chi connectivity index (χ3v) is 4.35. The monoisotopic (exact) mass is 256 g/mol. The van der Waals surface area contributed by atoms with Crippen LogP contribution < -0.4 is 5.73 Å². The van der Waals surface area contributed by atoms with Crippen LogP contribution in [0.4, 0.5) is 0 Å². The van der Waals surface area contributed by atoms with Gasteiger partial charge in [-0.3, -0.25) is 0 Å². The van der Waals surface area contributed by atoms with Gasteiger partial charge in [0.25, 0.3) is 0 Å². The molecule has 0 aromatic carbocycles. The van der Waals surface area contributed by atoms with E-state index < -0.39 is 0 Å². The van der Waals surface area contributed by atoms with Crippen LogP contribution in [0.5, 0.6) is 0 Å². The van der Waals surface area contributed by atoms with Crippen molar-refractivity contribution in [3.63, 3.8) is 0 Å². The van der Waals surface area contributed by atoms with Crippen molar-refractivity contribution in [2.75, 3.05) is 53.1 Å². The van der Waals surface area contributed by atoms with E-state index in [1.165, 1.54) is 25.8 Å². The Morgan fingerprint density at radius 1 is 1.22 bits per heavy atom. The Morgan fingerprint density at radius 2 is 2.00 bits per heavy atom. The molecule has 0 amide bonds. The first kappa shape index (κ1) is 14.3. The molecule has 2 aliphatic heterocycles. The highest BCUT2D eigenvalue weighted by Crippen LogP contribution is 2.29. The zero-order valence-electron chi connectivity index (χ0n) is 11.7. The zero-order valence-corrected chi connectivity index (χ0v) is 11.7. The number of rotatable bonds is 5. The minimum atomic E-state index is 0.193. The maximum Gasteiger partial charge on any atom is 0.0546 e. The third-order valence-electron chi connectivity index (χ3n) is 4.35. The Bertz CT molecular complexity index is 236. The molecule has 1 unspecified atom stereocenters. The Kier molecular flexibility index (Phi) is 5.42. The molecule has 2 aliphatic rings. The topological polar surface area (TPSA) is 47.7 Å². The van der Waals surface area contributed by atoms with Gasteiger partial charge in [0.2, 0.25) is 0 Å². The molecule has 0 radical (unpaired) electrons. The van der Waals surface area contributed by atoms with Crippen LogP contribution in [0.15, 0.2) is 0 Å². The fourth-order valence-electron chi connectivity index (χ4n) is 3.27. The molecule has 0 aliphatic carbocycles. The summed E-state index contributed by atoms with van der Waals surface area (Å²) in [5.41, 5.74) is 6.19. The second-order valence-electron chi connectivity index (χ2n) is 6.11. The van der Waals surface area contributed by atoms with E-state index in [4.69, 9.17) is 15.2 Å². The summed E-state index contributed by atoms with van der Waals surface area (Å²) >= 11 is 0. The van der Waals surface area contributed by atoms with Crippen molar-refractivity contribution in [3.8, 4) is 0 Å². The maximum atomic E-state index is 5.99. The minimum absolute atomic E-state index is 0.193. The van der Waals surface area contributed by atoms with Crippen molar-refractivity contribution in [1.29, 1.82) is 0 Å². The van der Waals surface area contributed by atoms with Crippen LogP contribution in [-0.4, -0.2) is 58.0 Å². The highest BCUT2D eigenvalue weighted by molar-refractivity contribution is 4.86. The predicted octanol–water partition coefficient (Wildman–Crippen LogP) is 1.10. The predicted molar refractivity (Wildman–Crippen MR) is 72.6 cm³/mol. The van der Waals surface area contributed by atoms with Gasteiger partial charge in [-0.2, -0.15) is 0 Å². The fourth-order valence-corrected chi connectivity index (χ4v) is 3.27. The van der Waals surface area contributed by atoms with E-state index in [0.29, 0.717) is 0 Å². The lowest BCUT2D eigenvalue weighted by atomic mass is 9.82. The van der Waals surface area contributed by atoms with Crippen molar-refractivity contribution < 1.29 is 9.47 Å². The molecule has 0 bridgehead atoms. The van der Waals surface area contributed by atoms with Gasteiger partial charge in [-0.05, 0) is 38.6 Å². The van der Waals surface area contributed by atoms with Gasteiger partial charge in [-0.1, -0.05) is 0 Å². The molecule has 4 nitrogen and oxygen atoms in total. The Balaban J connectivity index is 1.78. The van der Waals surface area contributed by atoms with Crippen LogP contribution >= 0.6 is 0 Å². The highest BCUT2D eigenvalue weighted by atomic mass is 16.5. The van der Waals surface area contributed by atoms with E-state index in [1.807, 2.05) is 0 Å². The van der Waals surface area contributed by atoms with Crippen LogP contribution in [-0.2, 0) is 9.47 Å². The first-order chi connectivity index (χ1) is 8.74. The molecule has 2 N–H and O–H groups in total. The number of nitrogens with zero attached hydrogens (tertiary/aromatic N) is 1. The minimum Gasteiger partial charge on any atom is -0.381 e. The molecule has 0 aromatic rings. The molecule has 1 atom stereocenters.